The van der Waals surface area contributed by atoms with E-state index in [2.05, 4.69) is 27.7 Å². The normalized spacial score (nSPS) is 14.8. The van der Waals surface area contributed by atoms with Crippen LogP contribution in [0, 0.1) is 0 Å². The second-order valence-electron chi connectivity index (χ2n) is 6.44. The number of methoxy groups -OCH3 is 1. The van der Waals surface area contributed by atoms with E-state index < -0.39 is 6.04 Å². The quantitative estimate of drug-likeness (QED) is 0.788. The summed E-state index contributed by atoms with van der Waals surface area (Å²) in [4.78, 5) is 14.9. The van der Waals surface area contributed by atoms with Crippen LogP contribution in [-0.4, -0.2) is 32.1 Å². The van der Waals surface area contributed by atoms with Crippen LogP contribution in [0.5, 0.6) is 5.75 Å². The van der Waals surface area contributed by atoms with E-state index in [4.69, 9.17) is 16.3 Å². The minimum absolute atomic E-state index is 0.158. The second kappa shape index (κ2) is 8.32. The number of rotatable bonds is 6. The molecule has 0 aliphatic carbocycles. The largest absolute Gasteiger partial charge is 0.495 e. The van der Waals surface area contributed by atoms with Gasteiger partial charge in [-0.05, 0) is 62.2 Å². The minimum Gasteiger partial charge on any atom is -0.495 e. The summed E-state index contributed by atoms with van der Waals surface area (Å²) >= 11 is 6.01. The Balaban J connectivity index is 1.61. The number of benzene rings is 2. The van der Waals surface area contributed by atoms with Crippen LogP contribution >= 0.6 is 11.6 Å². The molecule has 6 heteroatoms. The van der Waals surface area contributed by atoms with Crippen LogP contribution in [0.4, 0.5) is 17.1 Å². The fourth-order valence-corrected chi connectivity index (χ4v) is 3.25. The maximum Gasteiger partial charge on any atom is 0.246 e. The predicted molar refractivity (Wildman–Crippen MR) is 108 cm³/mol. The first-order valence-electron chi connectivity index (χ1n) is 8.83. The molecule has 3 rings (SSSR count). The van der Waals surface area contributed by atoms with Gasteiger partial charge in [-0.3, -0.25) is 4.79 Å². The standard InChI is InChI=1S/C20H24ClN3O2/c1-14(20(25)23-18-13-15(21)5-10-19(18)26-2)22-16-6-8-17(9-7-16)24-11-3-4-12-24/h5-10,13-14,22H,3-4,11-12H2,1-2H3,(H,23,25)/t14-/m0/s1. The monoisotopic (exact) mass is 373 g/mol. The summed E-state index contributed by atoms with van der Waals surface area (Å²) in [5, 5.41) is 6.63. The smallest absolute Gasteiger partial charge is 0.246 e. The lowest BCUT2D eigenvalue weighted by Crippen LogP contribution is -2.32. The molecule has 1 heterocycles. The van der Waals surface area contributed by atoms with Crippen molar-refractivity contribution in [2.24, 2.45) is 0 Å². The van der Waals surface area contributed by atoms with Gasteiger partial charge in [0, 0.05) is 29.5 Å². The summed E-state index contributed by atoms with van der Waals surface area (Å²) in [6, 6.07) is 12.9. The number of nitrogens with zero attached hydrogens (tertiary/aromatic N) is 1. The van der Waals surface area contributed by atoms with Crippen molar-refractivity contribution in [1.29, 1.82) is 0 Å². The van der Waals surface area contributed by atoms with Crippen molar-refractivity contribution in [3.05, 3.63) is 47.5 Å². The molecule has 5 nitrogen and oxygen atoms in total. The summed E-state index contributed by atoms with van der Waals surface area (Å²) in [5.41, 5.74) is 2.70. The van der Waals surface area contributed by atoms with Crippen molar-refractivity contribution in [3.63, 3.8) is 0 Å². The number of halogens is 1. The third-order valence-corrected chi connectivity index (χ3v) is 4.77. The van der Waals surface area contributed by atoms with Gasteiger partial charge in [0.15, 0.2) is 0 Å². The highest BCUT2D eigenvalue weighted by Gasteiger charge is 2.16. The molecule has 0 aromatic heterocycles. The van der Waals surface area contributed by atoms with Crippen molar-refractivity contribution in [2.45, 2.75) is 25.8 Å². The van der Waals surface area contributed by atoms with Crippen molar-refractivity contribution in [2.75, 3.05) is 35.7 Å². The van der Waals surface area contributed by atoms with Gasteiger partial charge in [-0.15, -0.1) is 0 Å². The van der Waals surface area contributed by atoms with E-state index in [1.807, 2.05) is 19.1 Å². The van der Waals surface area contributed by atoms with Gasteiger partial charge in [0.2, 0.25) is 5.91 Å². The van der Waals surface area contributed by atoms with Crippen LogP contribution < -0.4 is 20.3 Å². The van der Waals surface area contributed by atoms with Crippen LogP contribution in [0.1, 0.15) is 19.8 Å². The molecule has 1 atom stereocenters. The van der Waals surface area contributed by atoms with E-state index in [9.17, 15) is 4.79 Å². The number of ether oxygens (including phenoxy) is 1. The Hall–Kier alpha value is -2.40. The highest BCUT2D eigenvalue weighted by molar-refractivity contribution is 6.31. The minimum atomic E-state index is -0.406. The predicted octanol–water partition coefficient (Wildman–Crippen LogP) is 4.39. The van der Waals surface area contributed by atoms with Crippen molar-refractivity contribution in [1.82, 2.24) is 0 Å². The van der Waals surface area contributed by atoms with Crippen molar-refractivity contribution in [3.8, 4) is 5.75 Å². The van der Waals surface area contributed by atoms with E-state index in [1.165, 1.54) is 18.5 Å². The lowest BCUT2D eigenvalue weighted by molar-refractivity contribution is -0.116. The summed E-state index contributed by atoms with van der Waals surface area (Å²) in [7, 11) is 1.56. The first-order chi connectivity index (χ1) is 12.6. The summed E-state index contributed by atoms with van der Waals surface area (Å²) in [5.74, 6) is 0.416. The highest BCUT2D eigenvalue weighted by atomic mass is 35.5. The molecule has 138 valence electrons. The fourth-order valence-electron chi connectivity index (χ4n) is 3.08. The van der Waals surface area contributed by atoms with E-state index in [0.717, 1.165) is 18.8 Å². The summed E-state index contributed by atoms with van der Waals surface area (Å²) in [6.45, 7) is 4.06. The molecule has 1 saturated heterocycles. The van der Waals surface area contributed by atoms with Gasteiger partial charge in [-0.1, -0.05) is 11.6 Å². The summed E-state index contributed by atoms with van der Waals surface area (Å²) in [6.07, 6.45) is 2.51. The van der Waals surface area contributed by atoms with Gasteiger partial charge >= 0.3 is 0 Å². The van der Waals surface area contributed by atoms with E-state index >= 15 is 0 Å². The molecule has 1 amide bonds. The Morgan fingerprint density at radius 1 is 1.15 bits per heavy atom. The zero-order valence-corrected chi connectivity index (χ0v) is 15.8. The molecule has 0 unspecified atom stereocenters. The number of hydrogen-bond acceptors (Lipinski definition) is 4. The molecule has 0 bridgehead atoms. The fraction of sp³-hybridized carbons (Fsp3) is 0.350. The Morgan fingerprint density at radius 3 is 2.50 bits per heavy atom. The Morgan fingerprint density at radius 2 is 1.85 bits per heavy atom. The van der Waals surface area contributed by atoms with Gasteiger partial charge in [0.05, 0.1) is 12.8 Å². The molecule has 2 aromatic carbocycles. The van der Waals surface area contributed by atoms with Crippen molar-refractivity contribution >= 4 is 34.6 Å². The molecule has 0 saturated carbocycles. The third kappa shape index (κ3) is 4.41. The van der Waals surface area contributed by atoms with E-state index in [-0.39, 0.29) is 5.91 Å². The SMILES string of the molecule is COc1ccc(Cl)cc1NC(=O)[C@H](C)Nc1ccc(N2CCCC2)cc1. The third-order valence-electron chi connectivity index (χ3n) is 4.53. The van der Waals surface area contributed by atoms with Gasteiger partial charge < -0.3 is 20.3 Å². The molecule has 2 N–H and O–H groups in total. The maximum atomic E-state index is 12.5. The number of amides is 1. The molecule has 1 aliphatic rings. The van der Waals surface area contributed by atoms with E-state index in [1.54, 1.807) is 25.3 Å². The molecule has 0 spiro atoms. The molecular weight excluding hydrogens is 350 g/mol. The van der Waals surface area contributed by atoms with Crippen LogP contribution in [0.3, 0.4) is 0 Å². The summed E-state index contributed by atoms with van der Waals surface area (Å²) < 4.78 is 5.26. The zero-order valence-electron chi connectivity index (χ0n) is 15.1. The molecule has 2 aromatic rings. The van der Waals surface area contributed by atoms with Crippen LogP contribution in [-0.2, 0) is 4.79 Å². The molecule has 1 aliphatic heterocycles. The topological polar surface area (TPSA) is 53.6 Å². The number of anilines is 3. The molecule has 1 fully saturated rings. The van der Waals surface area contributed by atoms with Gasteiger partial charge in [-0.25, -0.2) is 0 Å². The van der Waals surface area contributed by atoms with Crippen LogP contribution in [0.15, 0.2) is 42.5 Å². The Bertz CT molecular complexity index is 758. The van der Waals surface area contributed by atoms with Crippen molar-refractivity contribution < 1.29 is 9.53 Å². The average Bonchev–Trinajstić information content (AvgIpc) is 3.17. The van der Waals surface area contributed by atoms with Gasteiger partial charge in [-0.2, -0.15) is 0 Å². The molecule has 26 heavy (non-hydrogen) atoms. The van der Waals surface area contributed by atoms with Crippen LogP contribution in [0.2, 0.25) is 5.02 Å². The highest BCUT2D eigenvalue weighted by Crippen LogP contribution is 2.28. The molecular formula is C20H24ClN3O2. The van der Waals surface area contributed by atoms with Crippen LogP contribution in [0.25, 0.3) is 0 Å². The first kappa shape index (κ1) is 18.4. The Labute approximate surface area is 159 Å². The van der Waals surface area contributed by atoms with E-state index in [0.29, 0.717) is 16.5 Å². The maximum absolute atomic E-state index is 12.5. The Kier molecular flexibility index (Phi) is 5.89. The average molecular weight is 374 g/mol. The lowest BCUT2D eigenvalue weighted by Gasteiger charge is -2.19. The number of carbonyl (C=O) groups excluding carboxylic acids is 1. The number of carbonyl (C=O) groups is 1. The second-order valence-corrected chi connectivity index (χ2v) is 6.88. The lowest BCUT2D eigenvalue weighted by atomic mass is 10.2. The van der Waals surface area contributed by atoms with Gasteiger partial charge in [0.25, 0.3) is 0 Å². The number of nitrogens with one attached hydrogen (secondary N) is 2. The number of hydrogen-bond donors (Lipinski definition) is 2. The van der Waals surface area contributed by atoms with Gasteiger partial charge in [0.1, 0.15) is 11.8 Å². The first-order valence-corrected chi connectivity index (χ1v) is 9.20. The molecule has 0 radical (unpaired) electrons. The zero-order chi connectivity index (χ0) is 18.5.